The highest BCUT2D eigenvalue weighted by molar-refractivity contribution is 5.25. The Labute approximate surface area is 72.2 Å². The quantitative estimate of drug-likeness (QED) is 0.606. The molecule has 2 N–H and O–H groups in total. The molecule has 3 nitrogen and oxygen atoms in total. The number of hydrogen-bond donors (Lipinski definition) is 1. The number of hydrogen-bond acceptors (Lipinski definition) is 3. The van der Waals surface area contributed by atoms with Crippen LogP contribution in [0.1, 0.15) is 17.3 Å². The van der Waals surface area contributed by atoms with Crippen molar-refractivity contribution in [2.75, 3.05) is 13.6 Å². The van der Waals surface area contributed by atoms with E-state index in [-0.39, 0.29) is 6.04 Å². The molecule has 1 atom stereocenters. The van der Waals surface area contributed by atoms with E-state index in [4.69, 9.17) is 5.73 Å². The third kappa shape index (κ3) is 1.21. The van der Waals surface area contributed by atoms with Crippen LogP contribution in [0.5, 0.6) is 0 Å². The summed E-state index contributed by atoms with van der Waals surface area (Å²) in [5.41, 5.74) is 8.28. The molecule has 0 fully saturated rings. The molecule has 0 saturated heterocycles. The second-order valence-electron chi connectivity index (χ2n) is 3.34. The van der Waals surface area contributed by atoms with Crippen LogP contribution in [0, 0.1) is 0 Å². The monoisotopic (exact) mass is 163 g/mol. The maximum Gasteiger partial charge on any atom is 0.0591 e. The predicted molar refractivity (Wildman–Crippen MR) is 47.5 cm³/mol. The summed E-state index contributed by atoms with van der Waals surface area (Å²) in [6.07, 6.45) is 1.82. The highest BCUT2D eigenvalue weighted by Crippen LogP contribution is 2.21. The lowest BCUT2D eigenvalue weighted by atomic mass is 10.0. The van der Waals surface area contributed by atoms with Gasteiger partial charge in [-0.15, -0.1) is 0 Å². The minimum absolute atomic E-state index is 0.132. The molecule has 3 heteroatoms. The van der Waals surface area contributed by atoms with E-state index in [0.717, 1.165) is 18.8 Å². The maximum atomic E-state index is 5.96. The zero-order valence-electron chi connectivity index (χ0n) is 7.20. The SMILES string of the molecule is CN1Cc2ncccc2[C@H](N)C1. The molecule has 2 rings (SSSR count). The molecule has 0 saturated carbocycles. The Bertz CT molecular complexity index is 285. The van der Waals surface area contributed by atoms with E-state index in [2.05, 4.69) is 23.0 Å². The van der Waals surface area contributed by atoms with Crippen molar-refractivity contribution < 1.29 is 0 Å². The number of nitrogens with zero attached hydrogens (tertiary/aromatic N) is 2. The Morgan fingerprint density at radius 1 is 1.67 bits per heavy atom. The second kappa shape index (κ2) is 2.84. The molecular weight excluding hydrogens is 150 g/mol. The molecule has 1 aliphatic heterocycles. The molecule has 64 valence electrons. The largest absolute Gasteiger partial charge is 0.323 e. The normalized spacial score (nSPS) is 23.7. The van der Waals surface area contributed by atoms with Gasteiger partial charge in [-0.2, -0.15) is 0 Å². The molecule has 0 bridgehead atoms. The number of fused-ring (bicyclic) bond motifs is 1. The molecule has 1 aromatic heterocycles. The molecule has 0 unspecified atom stereocenters. The van der Waals surface area contributed by atoms with Gasteiger partial charge in [0.15, 0.2) is 0 Å². The first kappa shape index (κ1) is 7.71. The van der Waals surface area contributed by atoms with E-state index in [0.29, 0.717) is 0 Å². The van der Waals surface area contributed by atoms with Crippen LogP contribution in [0.15, 0.2) is 18.3 Å². The van der Waals surface area contributed by atoms with Crippen molar-refractivity contribution in [1.82, 2.24) is 9.88 Å². The summed E-state index contributed by atoms with van der Waals surface area (Å²) in [5, 5.41) is 0. The summed E-state index contributed by atoms with van der Waals surface area (Å²) in [6, 6.07) is 4.15. The summed E-state index contributed by atoms with van der Waals surface area (Å²) in [6.45, 7) is 1.85. The summed E-state index contributed by atoms with van der Waals surface area (Å²) >= 11 is 0. The Balaban J connectivity index is 2.40. The molecule has 12 heavy (non-hydrogen) atoms. The molecule has 1 aromatic rings. The van der Waals surface area contributed by atoms with Gasteiger partial charge in [0.1, 0.15) is 0 Å². The molecule has 0 aromatic carbocycles. The Morgan fingerprint density at radius 3 is 3.33 bits per heavy atom. The zero-order chi connectivity index (χ0) is 8.55. The molecular formula is C9H13N3. The van der Waals surface area contributed by atoms with Crippen molar-refractivity contribution in [2.45, 2.75) is 12.6 Å². The van der Waals surface area contributed by atoms with Crippen LogP contribution in [0.25, 0.3) is 0 Å². The summed E-state index contributed by atoms with van der Waals surface area (Å²) in [7, 11) is 2.07. The van der Waals surface area contributed by atoms with Crippen LogP contribution < -0.4 is 5.73 Å². The lowest BCUT2D eigenvalue weighted by Gasteiger charge is -2.28. The first-order valence-corrected chi connectivity index (χ1v) is 4.15. The lowest BCUT2D eigenvalue weighted by molar-refractivity contribution is 0.278. The van der Waals surface area contributed by atoms with Crippen molar-refractivity contribution in [3.8, 4) is 0 Å². The fraction of sp³-hybridized carbons (Fsp3) is 0.444. The highest BCUT2D eigenvalue weighted by Gasteiger charge is 2.19. The van der Waals surface area contributed by atoms with Crippen LogP contribution in [0.2, 0.25) is 0 Å². The predicted octanol–water partition coefficient (Wildman–Crippen LogP) is 0.527. The van der Waals surface area contributed by atoms with Gasteiger partial charge in [0.25, 0.3) is 0 Å². The van der Waals surface area contributed by atoms with E-state index in [1.807, 2.05) is 12.3 Å². The van der Waals surface area contributed by atoms with E-state index in [1.54, 1.807) is 0 Å². The fourth-order valence-electron chi connectivity index (χ4n) is 1.67. The molecule has 0 radical (unpaired) electrons. The van der Waals surface area contributed by atoms with Crippen LogP contribution in [-0.4, -0.2) is 23.5 Å². The maximum absolute atomic E-state index is 5.96. The van der Waals surface area contributed by atoms with Gasteiger partial charge in [-0.05, 0) is 18.7 Å². The van der Waals surface area contributed by atoms with Crippen LogP contribution in [-0.2, 0) is 6.54 Å². The molecule has 0 amide bonds. The first-order valence-electron chi connectivity index (χ1n) is 4.15. The van der Waals surface area contributed by atoms with Crippen molar-refractivity contribution in [1.29, 1.82) is 0 Å². The van der Waals surface area contributed by atoms with Gasteiger partial charge in [0.05, 0.1) is 5.69 Å². The van der Waals surface area contributed by atoms with Gasteiger partial charge >= 0.3 is 0 Å². The summed E-state index contributed by atoms with van der Waals surface area (Å²) < 4.78 is 0. The van der Waals surface area contributed by atoms with Gasteiger partial charge < -0.3 is 5.73 Å². The lowest BCUT2D eigenvalue weighted by Crippen LogP contribution is -2.34. The van der Waals surface area contributed by atoms with Crippen LogP contribution in [0.3, 0.4) is 0 Å². The number of likely N-dealkylation sites (N-methyl/N-ethyl adjacent to an activating group) is 1. The number of pyridine rings is 1. The molecule has 0 aliphatic carbocycles. The van der Waals surface area contributed by atoms with Gasteiger partial charge in [0.2, 0.25) is 0 Å². The highest BCUT2D eigenvalue weighted by atomic mass is 15.1. The van der Waals surface area contributed by atoms with E-state index in [9.17, 15) is 0 Å². The van der Waals surface area contributed by atoms with Crippen molar-refractivity contribution in [3.63, 3.8) is 0 Å². The van der Waals surface area contributed by atoms with Crippen molar-refractivity contribution >= 4 is 0 Å². The van der Waals surface area contributed by atoms with Crippen molar-refractivity contribution in [3.05, 3.63) is 29.6 Å². The van der Waals surface area contributed by atoms with Crippen molar-refractivity contribution in [2.24, 2.45) is 5.73 Å². The van der Waals surface area contributed by atoms with E-state index < -0.39 is 0 Å². The van der Waals surface area contributed by atoms with E-state index >= 15 is 0 Å². The number of nitrogens with two attached hydrogens (primary N) is 1. The van der Waals surface area contributed by atoms with E-state index in [1.165, 1.54) is 5.56 Å². The average Bonchev–Trinajstić information content (AvgIpc) is 2.04. The Kier molecular flexibility index (Phi) is 1.83. The van der Waals surface area contributed by atoms with Crippen LogP contribution in [0.4, 0.5) is 0 Å². The van der Waals surface area contributed by atoms with Gasteiger partial charge in [-0.1, -0.05) is 6.07 Å². The zero-order valence-corrected chi connectivity index (χ0v) is 7.20. The van der Waals surface area contributed by atoms with Crippen LogP contribution >= 0.6 is 0 Å². The average molecular weight is 163 g/mol. The minimum Gasteiger partial charge on any atom is -0.323 e. The van der Waals surface area contributed by atoms with Gasteiger partial charge in [0, 0.05) is 25.3 Å². The Morgan fingerprint density at radius 2 is 2.50 bits per heavy atom. The Hall–Kier alpha value is -0.930. The molecule has 0 spiro atoms. The summed E-state index contributed by atoms with van der Waals surface area (Å²) in [5.74, 6) is 0. The first-order chi connectivity index (χ1) is 5.77. The second-order valence-corrected chi connectivity index (χ2v) is 3.34. The fourth-order valence-corrected chi connectivity index (χ4v) is 1.67. The number of aromatic nitrogens is 1. The minimum atomic E-state index is 0.132. The third-order valence-electron chi connectivity index (χ3n) is 2.25. The summed E-state index contributed by atoms with van der Waals surface area (Å²) in [4.78, 5) is 6.49. The molecule has 2 heterocycles. The molecule has 1 aliphatic rings. The third-order valence-corrected chi connectivity index (χ3v) is 2.25. The van der Waals surface area contributed by atoms with Gasteiger partial charge in [-0.3, -0.25) is 9.88 Å². The smallest absolute Gasteiger partial charge is 0.0591 e. The topological polar surface area (TPSA) is 42.2 Å². The standard InChI is InChI=1S/C9H13N3/c1-12-5-8(10)7-3-2-4-11-9(7)6-12/h2-4,8H,5-6,10H2,1H3/t8-/m1/s1. The number of rotatable bonds is 0. The van der Waals surface area contributed by atoms with Gasteiger partial charge in [-0.25, -0.2) is 0 Å².